The van der Waals surface area contributed by atoms with E-state index in [1.54, 1.807) is 6.07 Å². The number of amides is 1. The van der Waals surface area contributed by atoms with Crippen molar-refractivity contribution in [3.63, 3.8) is 0 Å². The quantitative estimate of drug-likeness (QED) is 0.475. The maximum absolute atomic E-state index is 13.5. The molecule has 0 spiro atoms. The van der Waals surface area contributed by atoms with Crippen molar-refractivity contribution in [2.24, 2.45) is 0 Å². The number of aromatic nitrogens is 3. The average molecular weight is 391 g/mol. The minimum atomic E-state index is -0.516. The van der Waals surface area contributed by atoms with E-state index in [0.29, 0.717) is 16.7 Å². The zero-order valence-electron chi connectivity index (χ0n) is 13.9. The number of nitrogens with one attached hydrogen (secondary N) is 1. The van der Waals surface area contributed by atoms with Crippen LogP contribution >= 0.6 is 11.8 Å². The Hall–Kier alpha value is -3.14. The normalized spacial score (nSPS) is 10.6. The first-order valence-electron chi connectivity index (χ1n) is 7.78. The van der Waals surface area contributed by atoms with Gasteiger partial charge in [0.05, 0.1) is 11.4 Å². The molecule has 0 saturated heterocycles. The molecule has 3 N–H and O–H groups in total. The first kappa shape index (κ1) is 18.6. The number of nitrogen functional groups attached to an aromatic ring is 1. The van der Waals surface area contributed by atoms with Crippen molar-refractivity contribution in [2.75, 3.05) is 16.9 Å². The SMILES string of the molecule is Nn1c(COc2ccc(F)cc2)nnc1SCC(=O)Nc1ccccc1F. The summed E-state index contributed by atoms with van der Waals surface area (Å²) in [5.41, 5.74) is 0.103. The van der Waals surface area contributed by atoms with Gasteiger partial charge in [-0.1, -0.05) is 23.9 Å². The van der Waals surface area contributed by atoms with Crippen LogP contribution in [-0.2, 0) is 11.4 Å². The predicted molar refractivity (Wildman–Crippen MR) is 96.7 cm³/mol. The lowest BCUT2D eigenvalue weighted by molar-refractivity contribution is -0.113. The number of benzene rings is 2. The Morgan fingerprint density at radius 3 is 2.63 bits per heavy atom. The van der Waals surface area contributed by atoms with Crippen LogP contribution in [0.2, 0.25) is 0 Å². The molecular weight excluding hydrogens is 376 g/mol. The zero-order valence-corrected chi connectivity index (χ0v) is 14.7. The number of anilines is 1. The van der Waals surface area contributed by atoms with Gasteiger partial charge >= 0.3 is 0 Å². The molecule has 2 aromatic carbocycles. The second-order valence-electron chi connectivity index (χ2n) is 5.33. The van der Waals surface area contributed by atoms with Crippen LogP contribution in [0.25, 0.3) is 0 Å². The van der Waals surface area contributed by atoms with Crippen LogP contribution < -0.4 is 15.9 Å². The molecule has 0 atom stereocenters. The fourth-order valence-corrected chi connectivity index (χ4v) is 2.74. The van der Waals surface area contributed by atoms with Crippen LogP contribution in [0.15, 0.2) is 53.7 Å². The van der Waals surface area contributed by atoms with E-state index < -0.39 is 11.7 Å². The smallest absolute Gasteiger partial charge is 0.234 e. The lowest BCUT2D eigenvalue weighted by Crippen LogP contribution is -2.18. The minimum Gasteiger partial charge on any atom is -0.486 e. The summed E-state index contributed by atoms with van der Waals surface area (Å²) < 4.78 is 33.1. The van der Waals surface area contributed by atoms with Crippen LogP contribution in [0.1, 0.15) is 5.82 Å². The lowest BCUT2D eigenvalue weighted by Gasteiger charge is -2.07. The van der Waals surface area contributed by atoms with Gasteiger partial charge in [0.2, 0.25) is 11.1 Å². The topological polar surface area (TPSA) is 95.1 Å². The molecule has 0 saturated carbocycles. The van der Waals surface area contributed by atoms with Crippen LogP contribution in [-0.4, -0.2) is 26.5 Å². The van der Waals surface area contributed by atoms with Gasteiger partial charge in [-0.3, -0.25) is 4.79 Å². The van der Waals surface area contributed by atoms with Crippen molar-refractivity contribution in [1.82, 2.24) is 14.9 Å². The number of halogens is 2. The summed E-state index contributed by atoms with van der Waals surface area (Å²) in [7, 11) is 0. The molecule has 0 aliphatic carbocycles. The molecule has 0 aliphatic heterocycles. The van der Waals surface area contributed by atoms with Crippen LogP contribution in [0.5, 0.6) is 5.75 Å². The van der Waals surface area contributed by atoms with E-state index in [2.05, 4.69) is 15.5 Å². The Kier molecular flexibility index (Phi) is 5.87. The third-order valence-electron chi connectivity index (χ3n) is 3.40. The number of para-hydroxylation sites is 1. The summed E-state index contributed by atoms with van der Waals surface area (Å²) in [4.78, 5) is 11.9. The highest BCUT2D eigenvalue weighted by atomic mass is 32.2. The van der Waals surface area contributed by atoms with Crippen molar-refractivity contribution in [3.05, 3.63) is 66.0 Å². The van der Waals surface area contributed by atoms with E-state index in [1.165, 1.54) is 47.1 Å². The largest absolute Gasteiger partial charge is 0.486 e. The van der Waals surface area contributed by atoms with E-state index in [-0.39, 0.29) is 23.9 Å². The van der Waals surface area contributed by atoms with Crippen molar-refractivity contribution in [2.45, 2.75) is 11.8 Å². The van der Waals surface area contributed by atoms with Crippen LogP contribution in [0.4, 0.5) is 14.5 Å². The lowest BCUT2D eigenvalue weighted by atomic mass is 10.3. The maximum Gasteiger partial charge on any atom is 0.234 e. The first-order valence-corrected chi connectivity index (χ1v) is 8.76. The first-order chi connectivity index (χ1) is 13.0. The molecule has 0 radical (unpaired) electrons. The highest BCUT2D eigenvalue weighted by Crippen LogP contribution is 2.18. The predicted octanol–water partition coefficient (Wildman–Crippen LogP) is 2.58. The van der Waals surface area contributed by atoms with Crippen molar-refractivity contribution in [3.8, 4) is 5.75 Å². The number of carbonyl (C=O) groups excluding carboxylic acids is 1. The van der Waals surface area contributed by atoms with Crippen LogP contribution in [0, 0.1) is 11.6 Å². The van der Waals surface area contributed by atoms with E-state index in [1.807, 2.05) is 0 Å². The number of ether oxygens (including phenoxy) is 1. The molecule has 140 valence electrons. The number of hydrogen-bond acceptors (Lipinski definition) is 6. The summed E-state index contributed by atoms with van der Waals surface area (Å²) in [6.45, 7) is 0.0249. The third kappa shape index (κ3) is 4.94. The monoisotopic (exact) mass is 391 g/mol. The van der Waals surface area contributed by atoms with Gasteiger partial charge in [-0.15, -0.1) is 10.2 Å². The highest BCUT2D eigenvalue weighted by Gasteiger charge is 2.14. The molecule has 10 heteroatoms. The van der Waals surface area contributed by atoms with Gasteiger partial charge in [0.25, 0.3) is 0 Å². The van der Waals surface area contributed by atoms with E-state index in [4.69, 9.17) is 10.6 Å². The average Bonchev–Trinajstić information content (AvgIpc) is 3.01. The molecule has 0 aliphatic rings. The van der Waals surface area contributed by atoms with Gasteiger partial charge in [0, 0.05) is 0 Å². The fourth-order valence-electron chi connectivity index (χ4n) is 2.06. The number of nitrogens with two attached hydrogens (primary N) is 1. The van der Waals surface area contributed by atoms with Crippen molar-refractivity contribution in [1.29, 1.82) is 0 Å². The molecule has 3 rings (SSSR count). The molecule has 0 unspecified atom stereocenters. The molecule has 0 bridgehead atoms. The van der Waals surface area contributed by atoms with Crippen molar-refractivity contribution >= 4 is 23.4 Å². The van der Waals surface area contributed by atoms with Gasteiger partial charge in [-0.2, -0.15) is 0 Å². The number of nitrogens with zero attached hydrogens (tertiary/aromatic N) is 3. The molecule has 3 aromatic rings. The van der Waals surface area contributed by atoms with Gasteiger partial charge < -0.3 is 15.9 Å². The fraction of sp³-hybridized carbons (Fsp3) is 0.118. The summed E-state index contributed by atoms with van der Waals surface area (Å²) in [6.07, 6.45) is 0. The second kappa shape index (κ2) is 8.49. The summed E-state index contributed by atoms with van der Waals surface area (Å²) in [5, 5.41) is 10.6. The van der Waals surface area contributed by atoms with Gasteiger partial charge in [0.1, 0.15) is 24.0 Å². The van der Waals surface area contributed by atoms with Gasteiger partial charge in [0.15, 0.2) is 5.82 Å². The minimum absolute atomic E-state index is 0.0249. The Morgan fingerprint density at radius 2 is 1.89 bits per heavy atom. The standard InChI is InChI=1S/C17H15F2N5O2S/c18-11-5-7-12(8-6-11)26-9-15-22-23-17(24(15)20)27-10-16(25)21-14-4-2-1-3-13(14)19/h1-8H,9-10,20H2,(H,21,25). The molecule has 0 fully saturated rings. The van der Waals surface area contributed by atoms with E-state index >= 15 is 0 Å². The molecule has 1 aromatic heterocycles. The summed E-state index contributed by atoms with van der Waals surface area (Å²) >= 11 is 1.05. The number of carbonyl (C=O) groups is 1. The zero-order chi connectivity index (χ0) is 19.2. The van der Waals surface area contributed by atoms with Gasteiger partial charge in [-0.05, 0) is 36.4 Å². The Morgan fingerprint density at radius 1 is 1.15 bits per heavy atom. The Labute approximate surface area is 157 Å². The van der Waals surface area contributed by atoms with E-state index in [9.17, 15) is 13.6 Å². The molecule has 1 heterocycles. The Bertz CT molecular complexity index is 933. The molecular formula is C17H15F2N5O2S. The van der Waals surface area contributed by atoms with Crippen LogP contribution in [0.3, 0.4) is 0 Å². The number of rotatable bonds is 7. The molecule has 7 nitrogen and oxygen atoms in total. The molecule has 27 heavy (non-hydrogen) atoms. The number of hydrogen-bond donors (Lipinski definition) is 2. The summed E-state index contributed by atoms with van der Waals surface area (Å²) in [5.74, 6) is 5.37. The van der Waals surface area contributed by atoms with E-state index in [0.717, 1.165) is 11.8 Å². The highest BCUT2D eigenvalue weighted by molar-refractivity contribution is 7.99. The van der Waals surface area contributed by atoms with Crippen molar-refractivity contribution < 1.29 is 18.3 Å². The summed E-state index contributed by atoms with van der Waals surface area (Å²) in [6, 6.07) is 11.4. The second-order valence-corrected chi connectivity index (χ2v) is 6.27. The van der Waals surface area contributed by atoms with Gasteiger partial charge in [-0.25, -0.2) is 13.5 Å². The number of thioether (sulfide) groups is 1. The maximum atomic E-state index is 13.5. The molecule has 1 amide bonds. The Balaban J connectivity index is 1.53. The third-order valence-corrected chi connectivity index (χ3v) is 4.34.